The van der Waals surface area contributed by atoms with Crippen molar-refractivity contribution in [2.75, 3.05) is 13.1 Å². The van der Waals surface area contributed by atoms with Crippen molar-refractivity contribution in [3.8, 4) is 5.75 Å². The van der Waals surface area contributed by atoms with Crippen LogP contribution in [0.5, 0.6) is 5.75 Å². The molecule has 1 atom stereocenters. The lowest BCUT2D eigenvalue weighted by Crippen LogP contribution is -2.30. The first-order valence-corrected chi connectivity index (χ1v) is 7.66. The molecule has 5 nitrogen and oxygen atoms in total. The lowest BCUT2D eigenvalue weighted by molar-refractivity contribution is 0.0772. The van der Waals surface area contributed by atoms with Crippen molar-refractivity contribution in [2.45, 2.75) is 19.4 Å². The second kappa shape index (κ2) is 5.73. The summed E-state index contributed by atoms with van der Waals surface area (Å²) in [4.78, 5) is 25.3. The highest BCUT2D eigenvalue weighted by molar-refractivity contribution is 7.08. The number of nitrogens with zero attached hydrogens (tertiary/aromatic N) is 1. The predicted molar refractivity (Wildman–Crippen MR) is 79.0 cm³/mol. The third-order valence-corrected chi connectivity index (χ3v) is 4.05. The van der Waals surface area contributed by atoms with Gasteiger partial charge in [0.05, 0.1) is 18.2 Å². The van der Waals surface area contributed by atoms with Crippen LogP contribution < -0.4 is 10.4 Å². The summed E-state index contributed by atoms with van der Waals surface area (Å²) in [5.41, 5.74) is 0.297. The molecule has 3 heterocycles. The third kappa shape index (κ3) is 3.16. The van der Waals surface area contributed by atoms with Crippen molar-refractivity contribution in [1.82, 2.24) is 4.90 Å². The normalized spacial score (nSPS) is 18.0. The van der Waals surface area contributed by atoms with Gasteiger partial charge in [-0.3, -0.25) is 4.79 Å². The number of carbonyl (C=O) groups is 1. The summed E-state index contributed by atoms with van der Waals surface area (Å²) >= 11 is 1.51. The maximum atomic E-state index is 12.2. The Balaban J connectivity index is 1.64. The number of hydrogen-bond donors (Lipinski definition) is 0. The molecule has 110 valence electrons. The molecule has 0 radical (unpaired) electrons. The summed E-state index contributed by atoms with van der Waals surface area (Å²) in [7, 11) is 0. The van der Waals surface area contributed by atoms with Gasteiger partial charge in [0.2, 0.25) is 0 Å². The molecule has 0 aromatic carbocycles. The van der Waals surface area contributed by atoms with Crippen molar-refractivity contribution in [3.63, 3.8) is 0 Å². The van der Waals surface area contributed by atoms with E-state index in [4.69, 9.17) is 9.15 Å². The van der Waals surface area contributed by atoms with Crippen LogP contribution in [0.4, 0.5) is 0 Å². The fourth-order valence-corrected chi connectivity index (χ4v) is 3.04. The van der Waals surface area contributed by atoms with Crippen molar-refractivity contribution in [2.24, 2.45) is 0 Å². The van der Waals surface area contributed by atoms with E-state index in [0.29, 0.717) is 24.6 Å². The van der Waals surface area contributed by atoms with Gasteiger partial charge in [0.15, 0.2) is 0 Å². The maximum absolute atomic E-state index is 12.2. The van der Waals surface area contributed by atoms with Crippen LogP contribution in [0.1, 0.15) is 22.5 Å². The van der Waals surface area contributed by atoms with Gasteiger partial charge in [0.25, 0.3) is 5.91 Å². The van der Waals surface area contributed by atoms with Gasteiger partial charge in [-0.1, -0.05) is 0 Å². The summed E-state index contributed by atoms with van der Waals surface area (Å²) in [6.45, 7) is 2.91. The van der Waals surface area contributed by atoms with Crippen LogP contribution in [0.2, 0.25) is 0 Å². The number of ether oxygens (including phenoxy) is 1. The van der Waals surface area contributed by atoms with Crippen molar-refractivity contribution < 1.29 is 13.9 Å². The van der Waals surface area contributed by atoms with Gasteiger partial charge in [-0.15, -0.1) is 0 Å². The molecular weight excluding hydrogens is 290 g/mol. The minimum absolute atomic E-state index is 0.0334. The molecule has 1 aliphatic heterocycles. The number of hydrogen-bond acceptors (Lipinski definition) is 5. The minimum atomic E-state index is -0.422. The SMILES string of the molecule is Cc1cc(O[C@@H]2CCN(C(=O)c3ccsc3)C2)cc(=O)o1. The topological polar surface area (TPSA) is 59.8 Å². The number of aryl methyl sites for hydroxylation is 1. The van der Waals surface area contributed by atoms with Crippen LogP contribution in [-0.4, -0.2) is 30.0 Å². The van der Waals surface area contributed by atoms with E-state index < -0.39 is 5.63 Å². The maximum Gasteiger partial charge on any atom is 0.339 e. The molecule has 1 aliphatic rings. The Morgan fingerprint density at radius 3 is 3.05 bits per heavy atom. The predicted octanol–water partition coefficient (Wildman–Crippen LogP) is 2.30. The molecule has 1 fully saturated rings. The molecule has 2 aromatic rings. The molecular formula is C15H15NO4S. The Hall–Kier alpha value is -2.08. The van der Waals surface area contributed by atoms with Crippen LogP contribution in [0.3, 0.4) is 0 Å². The molecule has 21 heavy (non-hydrogen) atoms. The number of thiophene rings is 1. The fourth-order valence-electron chi connectivity index (χ4n) is 2.41. The third-order valence-electron chi connectivity index (χ3n) is 3.37. The largest absolute Gasteiger partial charge is 0.488 e. The Kier molecular flexibility index (Phi) is 3.79. The average Bonchev–Trinajstić information content (AvgIpc) is 3.07. The van der Waals surface area contributed by atoms with Crippen LogP contribution in [0, 0.1) is 6.92 Å². The smallest absolute Gasteiger partial charge is 0.339 e. The Labute approximate surface area is 125 Å². The van der Waals surface area contributed by atoms with Crippen LogP contribution in [0.25, 0.3) is 0 Å². The van der Waals surface area contributed by atoms with E-state index in [1.54, 1.807) is 17.9 Å². The summed E-state index contributed by atoms with van der Waals surface area (Å²) in [6.07, 6.45) is 0.670. The molecule has 0 saturated carbocycles. The van der Waals surface area contributed by atoms with E-state index in [1.807, 2.05) is 16.8 Å². The van der Waals surface area contributed by atoms with E-state index in [9.17, 15) is 9.59 Å². The van der Waals surface area contributed by atoms with Crippen LogP contribution in [-0.2, 0) is 0 Å². The zero-order chi connectivity index (χ0) is 14.8. The lowest BCUT2D eigenvalue weighted by atomic mass is 10.3. The first-order chi connectivity index (χ1) is 10.1. The van der Waals surface area contributed by atoms with Gasteiger partial charge in [0.1, 0.15) is 17.6 Å². The van der Waals surface area contributed by atoms with Crippen molar-refractivity contribution in [1.29, 1.82) is 0 Å². The molecule has 6 heteroatoms. The summed E-state index contributed by atoms with van der Waals surface area (Å²) < 4.78 is 10.7. The van der Waals surface area contributed by atoms with Gasteiger partial charge in [-0.05, 0) is 18.4 Å². The monoisotopic (exact) mass is 305 g/mol. The highest BCUT2D eigenvalue weighted by Gasteiger charge is 2.28. The van der Waals surface area contributed by atoms with Gasteiger partial charge in [-0.25, -0.2) is 4.79 Å². The average molecular weight is 305 g/mol. The van der Waals surface area contributed by atoms with E-state index >= 15 is 0 Å². The van der Waals surface area contributed by atoms with Crippen molar-refractivity contribution in [3.05, 3.63) is 50.7 Å². The van der Waals surface area contributed by atoms with Gasteiger partial charge in [0, 0.05) is 24.4 Å². The standard InChI is InChI=1S/C15H15NO4S/c1-10-6-13(7-14(17)19-10)20-12-2-4-16(8-12)15(18)11-3-5-21-9-11/h3,5-7,9,12H,2,4,8H2,1H3/t12-/m1/s1. The van der Waals surface area contributed by atoms with Gasteiger partial charge >= 0.3 is 5.63 Å². The highest BCUT2D eigenvalue weighted by Crippen LogP contribution is 2.20. The molecule has 1 saturated heterocycles. The first kappa shape index (κ1) is 13.9. The molecule has 2 aromatic heterocycles. The van der Waals surface area contributed by atoms with Crippen LogP contribution >= 0.6 is 11.3 Å². The van der Waals surface area contributed by atoms with Crippen molar-refractivity contribution >= 4 is 17.2 Å². The summed E-state index contributed by atoms with van der Waals surface area (Å²) in [6, 6.07) is 4.84. The summed E-state index contributed by atoms with van der Waals surface area (Å²) in [5, 5.41) is 3.74. The lowest BCUT2D eigenvalue weighted by Gasteiger charge is -2.16. The van der Waals surface area contributed by atoms with E-state index in [1.165, 1.54) is 17.4 Å². The summed E-state index contributed by atoms with van der Waals surface area (Å²) in [5.74, 6) is 1.05. The molecule has 1 amide bonds. The Bertz CT molecular complexity index is 692. The highest BCUT2D eigenvalue weighted by atomic mass is 32.1. The number of likely N-dealkylation sites (tertiary alicyclic amines) is 1. The number of rotatable bonds is 3. The Morgan fingerprint density at radius 1 is 1.48 bits per heavy atom. The first-order valence-electron chi connectivity index (χ1n) is 6.72. The zero-order valence-electron chi connectivity index (χ0n) is 11.6. The number of amides is 1. The van der Waals surface area contributed by atoms with E-state index in [0.717, 1.165) is 12.0 Å². The van der Waals surface area contributed by atoms with Gasteiger partial charge in [-0.2, -0.15) is 11.3 Å². The van der Waals surface area contributed by atoms with E-state index in [2.05, 4.69) is 0 Å². The number of carbonyl (C=O) groups excluding carboxylic acids is 1. The minimum Gasteiger partial charge on any atom is -0.488 e. The molecule has 0 unspecified atom stereocenters. The Morgan fingerprint density at radius 2 is 2.33 bits per heavy atom. The second-order valence-corrected chi connectivity index (χ2v) is 5.79. The molecule has 3 rings (SSSR count). The molecule has 0 aliphatic carbocycles. The molecule has 0 bridgehead atoms. The fraction of sp³-hybridized carbons (Fsp3) is 0.333. The van der Waals surface area contributed by atoms with E-state index in [-0.39, 0.29) is 12.0 Å². The quantitative estimate of drug-likeness (QED) is 0.873. The molecule has 0 spiro atoms. The zero-order valence-corrected chi connectivity index (χ0v) is 12.4. The van der Waals surface area contributed by atoms with Gasteiger partial charge < -0.3 is 14.1 Å². The second-order valence-electron chi connectivity index (χ2n) is 5.01. The molecule has 0 N–H and O–H groups in total. The van der Waals surface area contributed by atoms with Crippen LogP contribution in [0.15, 0.2) is 38.2 Å².